The molecule has 0 amide bonds. The van der Waals surface area contributed by atoms with Crippen molar-refractivity contribution in [1.29, 1.82) is 0 Å². The average molecular weight is 340 g/mol. The molecule has 0 saturated heterocycles. The summed E-state index contributed by atoms with van der Waals surface area (Å²) in [6, 6.07) is 30.1. The van der Waals surface area contributed by atoms with E-state index in [2.05, 4.69) is 98.8 Å². The second kappa shape index (κ2) is 7.31. The van der Waals surface area contributed by atoms with E-state index in [1.54, 1.807) is 0 Å². The smallest absolute Gasteiger partial charge is 0.109 e. The summed E-state index contributed by atoms with van der Waals surface area (Å²) < 4.78 is 6.59. The first-order valence-electron chi connectivity index (χ1n) is 9.38. The van der Waals surface area contributed by atoms with Crippen molar-refractivity contribution in [3.8, 4) is 0 Å². The minimum absolute atomic E-state index is 0.0813. The molecular formula is C25H24O. The van der Waals surface area contributed by atoms with Crippen LogP contribution in [-0.2, 0) is 4.74 Å². The quantitative estimate of drug-likeness (QED) is 0.384. The van der Waals surface area contributed by atoms with Crippen LogP contribution in [0, 0.1) is 0 Å². The largest absolute Gasteiger partial charge is 0.366 e. The first kappa shape index (κ1) is 16.8. The molecule has 0 fully saturated rings. The van der Waals surface area contributed by atoms with Gasteiger partial charge in [-0.3, -0.25) is 0 Å². The Morgan fingerprint density at radius 2 is 1.12 bits per heavy atom. The summed E-state index contributed by atoms with van der Waals surface area (Å²) in [5.41, 5.74) is 2.47. The number of hydrogen-bond acceptors (Lipinski definition) is 1. The fourth-order valence-electron chi connectivity index (χ4n) is 3.60. The lowest BCUT2D eigenvalue weighted by Crippen LogP contribution is -2.15. The zero-order valence-corrected chi connectivity index (χ0v) is 15.4. The summed E-state index contributed by atoms with van der Waals surface area (Å²) in [6.07, 6.45) is 1.10. The summed E-state index contributed by atoms with van der Waals surface area (Å²) in [7, 11) is 0. The van der Waals surface area contributed by atoms with Crippen molar-refractivity contribution in [2.75, 3.05) is 0 Å². The van der Waals surface area contributed by atoms with Crippen LogP contribution in [0.15, 0.2) is 84.9 Å². The summed E-state index contributed by atoms with van der Waals surface area (Å²) in [5.74, 6) is 0. The summed E-state index contributed by atoms with van der Waals surface area (Å²) in [6.45, 7) is 4.33. The molecule has 0 aliphatic rings. The Kier molecular flexibility index (Phi) is 4.73. The Morgan fingerprint density at radius 3 is 1.62 bits per heavy atom. The van der Waals surface area contributed by atoms with Crippen molar-refractivity contribution in [2.24, 2.45) is 0 Å². The molecule has 0 heterocycles. The zero-order chi connectivity index (χ0) is 17.9. The monoisotopic (exact) mass is 340 g/mol. The molecular weight excluding hydrogens is 316 g/mol. The second-order valence-corrected chi connectivity index (χ2v) is 6.87. The SMILES string of the molecule is CC[C@@H](C)OC(c1cccc2ccccc12)c1cccc2ccccc12. The fourth-order valence-corrected chi connectivity index (χ4v) is 3.60. The van der Waals surface area contributed by atoms with Crippen LogP contribution >= 0.6 is 0 Å². The maximum atomic E-state index is 6.59. The van der Waals surface area contributed by atoms with Gasteiger partial charge in [-0.05, 0) is 46.0 Å². The van der Waals surface area contributed by atoms with Crippen LogP contribution < -0.4 is 0 Å². The van der Waals surface area contributed by atoms with Gasteiger partial charge in [0.1, 0.15) is 6.10 Å². The van der Waals surface area contributed by atoms with Crippen LogP contribution in [0.4, 0.5) is 0 Å². The van der Waals surface area contributed by atoms with Gasteiger partial charge in [0, 0.05) is 0 Å². The molecule has 0 aliphatic heterocycles. The predicted octanol–water partition coefficient (Wildman–Crippen LogP) is 6.90. The standard InChI is InChI=1S/C25H24O/c1-3-18(2)26-25(23-16-8-12-19-10-4-6-14-21(19)23)24-17-9-13-20-11-5-7-15-22(20)24/h4-18,25H,3H2,1-2H3/t18-/m1/s1. The fraction of sp³-hybridized carbons (Fsp3) is 0.200. The van der Waals surface area contributed by atoms with E-state index in [9.17, 15) is 0 Å². The molecule has 1 nitrogen and oxygen atoms in total. The number of benzene rings is 4. The van der Waals surface area contributed by atoms with Crippen molar-refractivity contribution in [2.45, 2.75) is 32.5 Å². The highest BCUT2D eigenvalue weighted by atomic mass is 16.5. The third-order valence-electron chi connectivity index (χ3n) is 5.15. The summed E-state index contributed by atoms with van der Waals surface area (Å²) in [5, 5.41) is 5.03. The normalized spacial score (nSPS) is 12.7. The minimum Gasteiger partial charge on any atom is -0.366 e. The second-order valence-electron chi connectivity index (χ2n) is 6.87. The number of hydrogen-bond donors (Lipinski definition) is 0. The molecule has 0 bridgehead atoms. The first-order valence-corrected chi connectivity index (χ1v) is 9.38. The molecule has 0 radical (unpaired) electrons. The maximum Gasteiger partial charge on any atom is 0.109 e. The minimum atomic E-state index is -0.0813. The van der Waals surface area contributed by atoms with Gasteiger partial charge in [-0.1, -0.05) is 91.9 Å². The van der Waals surface area contributed by atoms with Crippen LogP contribution in [-0.4, -0.2) is 6.10 Å². The molecule has 1 heteroatoms. The Labute approximate surface area is 155 Å². The van der Waals surface area contributed by atoms with E-state index in [0.717, 1.165) is 6.42 Å². The van der Waals surface area contributed by atoms with Crippen LogP contribution in [0.25, 0.3) is 21.5 Å². The van der Waals surface area contributed by atoms with E-state index in [-0.39, 0.29) is 12.2 Å². The van der Waals surface area contributed by atoms with Gasteiger partial charge in [-0.2, -0.15) is 0 Å². The number of ether oxygens (including phenoxy) is 1. The molecule has 1 atom stereocenters. The summed E-state index contributed by atoms with van der Waals surface area (Å²) >= 11 is 0. The zero-order valence-electron chi connectivity index (χ0n) is 15.4. The predicted molar refractivity (Wildman–Crippen MR) is 111 cm³/mol. The third kappa shape index (κ3) is 3.11. The first-order chi connectivity index (χ1) is 12.8. The van der Waals surface area contributed by atoms with E-state index in [1.807, 2.05) is 0 Å². The molecule has 0 N–H and O–H groups in total. The van der Waals surface area contributed by atoms with Crippen LogP contribution in [0.2, 0.25) is 0 Å². The Balaban J connectivity index is 1.95. The van der Waals surface area contributed by atoms with Crippen LogP contribution in [0.3, 0.4) is 0 Å². The van der Waals surface area contributed by atoms with E-state index in [4.69, 9.17) is 4.74 Å². The summed E-state index contributed by atoms with van der Waals surface area (Å²) in [4.78, 5) is 0. The molecule has 4 aromatic rings. The Bertz CT molecular complexity index is 944. The van der Waals surface area contributed by atoms with Gasteiger partial charge >= 0.3 is 0 Å². The Morgan fingerprint density at radius 1 is 0.654 bits per heavy atom. The van der Waals surface area contributed by atoms with Gasteiger partial charge in [-0.15, -0.1) is 0 Å². The maximum absolute atomic E-state index is 6.59. The molecule has 0 saturated carbocycles. The van der Waals surface area contributed by atoms with Crippen molar-refractivity contribution in [3.63, 3.8) is 0 Å². The lowest BCUT2D eigenvalue weighted by atomic mass is 9.92. The molecule has 0 aromatic heterocycles. The molecule has 26 heavy (non-hydrogen) atoms. The van der Waals surface area contributed by atoms with Gasteiger partial charge in [-0.25, -0.2) is 0 Å². The van der Waals surface area contributed by atoms with Crippen LogP contribution in [0.1, 0.15) is 37.5 Å². The lowest BCUT2D eigenvalue weighted by molar-refractivity contribution is 0.0189. The highest BCUT2D eigenvalue weighted by Crippen LogP contribution is 2.36. The molecule has 0 aliphatic carbocycles. The number of rotatable bonds is 5. The number of fused-ring (bicyclic) bond motifs is 2. The molecule has 4 rings (SSSR count). The molecule has 0 unspecified atom stereocenters. The molecule has 0 spiro atoms. The van der Waals surface area contributed by atoms with E-state index < -0.39 is 0 Å². The van der Waals surface area contributed by atoms with Gasteiger partial charge in [0.25, 0.3) is 0 Å². The van der Waals surface area contributed by atoms with Gasteiger partial charge in [0.05, 0.1) is 6.10 Å². The highest BCUT2D eigenvalue weighted by Gasteiger charge is 2.21. The molecule has 130 valence electrons. The van der Waals surface area contributed by atoms with E-state index in [1.165, 1.54) is 32.7 Å². The Hall–Kier alpha value is -2.64. The van der Waals surface area contributed by atoms with Crippen LogP contribution in [0.5, 0.6) is 0 Å². The van der Waals surface area contributed by atoms with Crippen molar-refractivity contribution < 1.29 is 4.74 Å². The lowest BCUT2D eigenvalue weighted by Gasteiger charge is -2.25. The highest BCUT2D eigenvalue weighted by molar-refractivity contribution is 5.89. The van der Waals surface area contributed by atoms with Gasteiger partial charge in [0.2, 0.25) is 0 Å². The van der Waals surface area contributed by atoms with Crippen molar-refractivity contribution in [3.05, 3.63) is 96.1 Å². The van der Waals surface area contributed by atoms with Crippen molar-refractivity contribution in [1.82, 2.24) is 0 Å². The topological polar surface area (TPSA) is 9.23 Å². The van der Waals surface area contributed by atoms with E-state index >= 15 is 0 Å². The van der Waals surface area contributed by atoms with Crippen molar-refractivity contribution >= 4 is 21.5 Å². The van der Waals surface area contributed by atoms with Gasteiger partial charge < -0.3 is 4.74 Å². The third-order valence-corrected chi connectivity index (χ3v) is 5.15. The molecule has 4 aromatic carbocycles. The van der Waals surface area contributed by atoms with Gasteiger partial charge in [0.15, 0.2) is 0 Å². The van der Waals surface area contributed by atoms with E-state index in [0.29, 0.717) is 0 Å². The average Bonchev–Trinajstić information content (AvgIpc) is 2.71.